The van der Waals surface area contributed by atoms with E-state index in [1.807, 2.05) is 30.3 Å². The Morgan fingerprint density at radius 2 is 1.89 bits per heavy atom. The van der Waals surface area contributed by atoms with E-state index in [0.717, 1.165) is 19.3 Å². The van der Waals surface area contributed by atoms with E-state index in [4.69, 9.17) is 5.11 Å². The highest BCUT2D eigenvalue weighted by atomic mass is 16.4. The van der Waals surface area contributed by atoms with Gasteiger partial charge in [-0.2, -0.15) is 5.26 Å². The molecular formula is C21H21N3O3. The van der Waals surface area contributed by atoms with E-state index in [1.54, 1.807) is 12.1 Å². The molecule has 0 unspecified atom stereocenters. The minimum atomic E-state index is -1.05. The lowest BCUT2D eigenvalue weighted by Gasteiger charge is -2.07. The summed E-state index contributed by atoms with van der Waals surface area (Å²) in [5.74, 6) is -1.59. The third-order valence-corrected chi connectivity index (χ3v) is 3.89. The van der Waals surface area contributed by atoms with Crippen molar-refractivity contribution < 1.29 is 14.7 Å². The molecule has 2 rings (SSSR count). The van der Waals surface area contributed by atoms with Crippen LogP contribution in [0, 0.1) is 11.3 Å². The molecule has 6 nitrogen and oxygen atoms in total. The molecule has 0 radical (unpaired) electrons. The molecule has 1 amide bonds. The summed E-state index contributed by atoms with van der Waals surface area (Å²) in [5, 5.41) is 23.7. The predicted molar refractivity (Wildman–Crippen MR) is 104 cm³/mol. The second kappa shape index (κ2) is 9.78. The molecule has 27 heavy (non-hydrogen) atoms. The van der Waals surface area contributed by atoms with E-state index in [-0.39, 0.29) is 11.1 Å². The van der Waals surface area contributed by atoms with Crippen LogP contribution in [0.25, 0.3) is 0 Å². The molecule has 0 saturated heterocycles. The van der Waals surface area contributed by atoms with Crippen LogP contribution in [0.1, 0.15) is 35.7 Å². The van der Waals surface area contributed by atoms with Crippen molar-refractivity contribution in [2.24, 2.45) is 0 Å². The van der Waals surface area contributed by atoms with E-state index >= 15 is 0 Å². The zero-order chi connectivity index (χ0) is 19.6. The van der Waals surface area contributed by atoms with Crippen molar-refractivity contribution in [2.45, 2.75) is 26.2 Å². The summed E-state index contributed by atoms with van der Waals surface area (Å²) >= 11 is 0. The Bertz CT molecular complexity index is 880. The molecule has 0 spiro atoms. The number of aromatic carboxylic acids is 1. The van der Waals surface area contributed by atoms with Gasteiger partial charge in [-0.1, -0.05) is 31.5 Å². The molecule has 0 bridgehead atoms. The molecule has 0 aliphatic rings. The monoisotopic (exact) mass is 363 g/mol. The van der Waals surface area contributed by atoms with E-state index in [2.05, 4.69) is 17.6 Å². The average Bonchev–Trinajstić information content (AvgIpc) is 2.68. The van der Waals surface area contributed by atoms with Crippen LogP contribution in [0.4, 0.5) is 11.4 Å². The average molecular weight is 363 g/mol. The molecule has 0 atom stereocenters. The van der Waals surface area contributed by atoms with Crippen LogP contribution < -0.4 is 10.6 Å². The number of carboxylic acid groups (broad SMARTS) is 1. The fourth-order valence-electron chi connectivity index (χ4n) is 2.38. The first kappa shape index (κ1) is 19.7. The highest BCUT2D eigenvalue weighted by molar-refractivity contribution is 6.06. The number of aryl methyl sites for hydroxylation is 1. The lowest BCUT2D eigenvalue weighted by molar-refractivity contribution is -0.112. The van der Waals surface area contributed by atoms with Crippen molar-refractivity contribution >= 4 is 23.3 Å². The Morgan fingerprint density at radius 3 is 2.52 bits per heavy atom. The zero-order valence-corrected chi connectivity index (χ0v) is 15.0. The first-order valence-electron chi connectivity index (χ1n) is 8.64. The summed E-state index contributed by atoms with van der Waals surface area (Å²) < 4.78 is 0. The molecule has 3 N–H and O–H groups in total. The summed E-state index contributed by atoms with van der Waals surface area (Å²) in [4.78, 5) is 23.2. The van der Waals surface area contributed by atoms with Gasteiger partial charge in [0.05, 0.1) is 5.56 Å². The Balaban J connectivity index is 2.02. The van der Waals surface area contributed by atoms with Gasteiger partial charge in [-0.15, -0.1) is 0 Å². The first-order chi connectivity index (χ1) is 13.0. The largest absolute Gasteiger partial charge is 0.478 e. The lowest BCUT2D eigenvalue weighted by Crippen LogP contribution is -2.14. The normalized spacial score (nSPS) is 10.7. The first-order valence-corrected chi connectivity index (χ1v) is 8.64. The van der Waals surface area contributed by atoms with Gasteiger partial charge in [0.1, 0.15) is 11.6 Å². The topological polar surface area (TPSA) is 102 Å². The van der Waals surface area contributed by atoms with E-state index in [1.165, 1.54) is 23.9 Å². The van der Waals surface area contributed by atoms with Gasteiger partial charge in [0.2, 0.25) is 0 Å². The molecule has 0 fully saturated rings. The van der Waals surface area contributed by atoms with Crippen LogP contribution in [0.2, 0.25) is 0 Å². The molecule has 0 aromatic heterocycles. The molecule has 0 aliphatic heterocycles. The number of anilines is 2. The minimum Gasteiger partial charge on any atom is -0.478 e. The molecule has 0 heterocycles. The van der Waals surface area contributed by atoms with Crippen LogP contribution in [-0.4, -0.2) is 17.0 Å². The van der Waals surface area contributed by atoms with Gasteiger partial charge in [-0.3, -0.25) is 4.79 Å². The number of hydrogen-bond donors (Lipinski definition) is 3. The maximum absolute atomic E-state index is 12.3. The Hall–Kier alpha value is -3.59. The lowest BCUT2D eigenvalue weighted by atomic mass is 10.1. The number of benzene rings is 2. The van der Waals surface area contributed by atoms with Gasteiger partial charge in [-0.05, 0) is 48.7 Å². The van der Waals surface area contributed by atoms with Gasteiger partial charge in [0.15, 0.2) is 0 Å². The van der Waals surface area contributed by atoms with Crippen molar-refractivity contribution in [1.82, 2.24) is 0 Å². The number of carbonyl (C=O) groups is 2. The van der Waals surface area contributed by atoms with E-state index in [0.29, 0.717) is 11.4 Å². The molecule has 2 aromatic rings. The predicted octanol–water partition coefficient (Wildman–Crippen LogP) is 4.19. The summed E-state index contributed by atoms with van der Waals surface area (Å²) in [6, 6.07) is 15.5. The highest BCUT2D eigenvalue weighted by Crippen LogP contribution is 2.14. The summed E-state index contributed by atoms with van der Waals surface area (Å²) in [7, 11) is 0. The maximum atomic E-state index is 12.3. The summed E-state index contributed by atoms with van der Waals surface area (Å²) in [5.41, 5.74) is 2.26. The van der Waals surface area contributed by atoms with E-state index in [9.17, 15) is 14.9 Å². The van der Waals surface area contributed by atoms with Crippen LogP contribution in [0.15, 0.2) is 60.3 Å². The van der Waals surface area contributed by atoms with Crippen LogP contribution >= 0.6 is 0 Å². The number of unbranched alkanes of at least 4 members (excludes halogenated alkanes) is 1. The van der Waals surface area contributed by atoms with E-state index < -0.39 is 11.9 Å². The zero-order valence-electron chi connectivity index (χ0n) is 15.0. The number of hydrogen-bond acceptors (Lipinski definition) is 4. The fourth-order valence-corrected chi connectivity index (χ4v) is 2.38. The molecule has 2 aromatic carbocycles. The van der Waals surface area contributed by atoms with Crippen LogP contribution in [0.5, 0.6) is 0 Å². The second-order valence-electron chi connectivity index (χ2n) is 5.95. The smallest absolute Gasteiger partial charge is 0.335 e. The third-order valence-electron chi connectivity index (χ3n) is 3.89. The molecular weight excluding hydrogens is 342 g/mol. The van der Waals surface area contributed by atoms with Crippen molar-refractivity contribution in [2.75, 3.05) is 10.6 Å². The van der Waals surface area contributed by atoms with Crippen molar-refractivity contribution in [1.29, 1.82) is 5.26 Å². The van der Waals surface area contributed by atoms with Crippen molar-refractivity contribution in [3.63, 3.8) is 0 Å². The van der Waals surface area contributed by atoms with Gasteiger partial charge >= 0.3 is 5.97 Å². The number of nitriles is 1. The third kappa shape index (κ3) is 6.01. The van der Waals surface area contributed by atoms with Crippen molar-refractivity contribution in [3.8, 4) is 6.07 Å². The number of nitrogens with zero attached hydrogens (tertiary/aromatic N) is 1. The summed E-state index contributed by atoms with van der Waals surface area (Å²) in [6.07, 6.45) is 4.48. The van der Waals surface area contributed by atoms with Crippen LogP contribution in [0.3, 0.4) is 0 Å². The van der Waals surface area contributed by atoms with Crippen LogP contribution in [-0.2, 0) is 11.2 Å². The standard InChI is InChI=1S/C21H21N3O3/c1-2-3-5-15-8-10-18(11-9-15)24-20(25)17(13-22)14-23-19-7-4-6-16(12-19)21(26)27/h4,6-12,14,23H,2-3,5H2,1H3,(H,24,25)(H,26,27)/b17-14-. The Morgan fingerprint density at radius 1 is 1.15 bits per heavy atom. The Kier molecular flexibility index (Phi) is 7.15. The number of carbonyl (C=O) groups excluding carboxylic acids is 1. The van der Waals surface area contributed by atoms with Gasteiger partial charge in [-0.25, -0.2) is 4.79 Å². The second-order valence-corrected chi connectivity index (χ2v) is 5.95. The Labute approximate surface area is 158 Å². The van der Waals surface area contributed by atoms with Crippen molar-refractivity contribution in [3.05, 3.63) is 71.4 Å². The van der Waals surface area contributed by atoms with Gasteiger partial charge < -0.3 is 15.7 Å². The SMILES string of the molecule is CCCCc1ccc(NC(=O)/C(C#N)=C\Nc2cccc(C(=O)O)c2)cc1. The molecule has 6 heteroatoms. The van der Waals surface area contributed by atoms with Gasteiger partial charge in [0.25, 0.3) is 5.91 Å². The number of amides is 1. The fraction of sp³-hybridized carbons (Fsp3) is 0.190. The highest BCUT2D eigenvalue weighted by Gasteiger charge is 2.10. The molecule has 0 aliphatic carbocycles. The summed E-state index contributed by atoms with van der Waals surface area (Å²) in [6.45, 7) is 2.14. The molecule has 0 saturated carbocycles. The maximum Gasteiger partial charge on any atom is 0.335 e. The van der Waals surface area contributed by atoms with Gasteiger partial charge in [0, 0.05) is 17.6 Å². The number of carboxylic acids is 1. The molecule has 138 valence electrons. The number of rotatable bonds is 8. The minimum absolute atomic E-state index is 0.111. The number of nitrogens with one attached hydrogen (secondary N) is 2. The quantitative estimate of drug-likeness (QED) is 0.482.